The standard InChI is InChI=1S/C14H17N3O2S/c1-7-5-10(19-4)6-8(2)11(7)12-13(15)20-14(17-12)16-9(3)18/h5-6H,15H2,1-4H3,(H,16,17,18). The van der Waals surface area contributed by atoms with Crippen LogP contribution in [-0.4, -0.2) is 18.0 Å². The molecule has 2 rings (SSSR count). The van der Waals surface area contributed by atoms with Crippen LogP contribution in [0.3, 0.4) is 0 Å². The third kappa shape index (κ3) is 2.75. The smallest absolute Gasteiger partial charge is 0.223 e. The van der Waals surface area contributed by atoms with Crippen molar-refractivity contribution in [1.29, 1.82) is 0 Å². The number of benzene rings is 1. The van der Waals surface area contributed by atoms with E-state index < -0.39 is 0 Å². The minimum atomic E-state index is -0.159. The Balaban J connectivity index is 2.51. The van der Waals surface area contributed by atoms with Gasteiger partial charge in [0.15, 0.2) is 5.13 Å². The summed E-state index contributed by atoms with van der Waals surface area (Å²) >= 11 is 1.27. The van der Waals surface area contributed by atoms with E-state index in [0.29, 0.717) is 15.8 Å². The number of hydrogen-bond donors (Lipinski definition) is 2. The van der Waals surface area contributed by atoms with E-state index in [1.54, 1.807) is 7.11 Å². The van der Waals surface area contributed by atoms with Gasteiger partial charge in [0.25, 0.3) is 0 Å². The number of carbonyl (C=O) groups is 1. The quantitative estimate of drug-likeness (QED) is 0.911. The van der Waals surface area contributed by atoms with Crippen LogP contribution in [0.2, 0.25) is 0 Å². The van der Waals surface area contributed by atoms with Crippen LogP contribution >= 0.6 is 11.3 Å². The van der Waals surface area contributed by atoms with Crippen LogP contribution in [0.25, 0.3) is 11.3 Å². The summed E-state index contributed by atoms with van der Waals surface area (Å²) in [5.74, 6) is 0.646. The normalized spacial score (nSPS) is 10.4. The number of nitrogens with two attached hydrogens (primary N) is 1. The number of methoxy groups -OCH3 is 1. The van der Waals surface area contributed by atoms with E-state index in [2.05, 4.69) is 10.3 Å². The number of nitrogen functional groups attached to an aromatic ring is 1. The second kappa shape index (κ2) is 5.50. The Bertz CT molecular complexity index is 641. The SMILES string of the molecule is COc1cc(C)c(-c2nc(NC(C)=O)sc2N)c(C)c1. The highest BCUT2D eigenvalue weighted by Gasteiger charge is 2.16. The molecule has 0 atom stereocenters. The van der Waals surface area contributed by atoms with Gasteiger partial charge in [-0.1, -0.05) is 11.3 Å². The molecule has 1 amide bonds. The van der Waals surface area contributed by atoms with Crippen molar-refractivity contribution in [1.82, 2.24) is 4.98 Å². The molecule has 0 fully saturated rings. The van der Waals surface area contributed by atoms with Gasteiger partial charge >= 0.3 is 0 Å². The number of ether oxygens (including phenoxy) is 1. The van der Waals surface area contributed by atoms with Crippen molar-refractivity contribution < 1.29 is 9.53 Å². The van der Waals surface area contributed by atoms with E-state index in [4.69, 9.17) is 10.5 Å². The molecule has 1 aromatic heterocycles. The fourth-order valence-corrected chi connectivity index (χ4v) is 2.91. The average Bonchev–Trinajstić information content (AvgIpc) is 2.68. The lowest BCUT2D eigenvalue weighted by Gasteiger charge is -2.10. The van der Waals surface area contributed by atoms with Crippen molar-refractivity contribution in [2.24, 2.45) is 0 Å². The van der Waals surface area contributed by atoms with E-state index >= 15 is 0 Å². The number of aromatic nitrogens is 1. The fourth-order valence-electron chi connectivity index (χ4n) is 2.13. The van der Waals surface area contributed by atoms with Crippen molar-refractivity contribution in [3.8, 4) is 17.0 Å². The Morgan fingerprint density at radius 2 is 1.95 bits per heavy atom. The van der Waals surface area contributed by atoms with Gasteiger partial charge < -0.3 is 15.8 Å². The Morgan fingerprint density at radius 3 is 2.45 bits per heavy atom. The summed E-state index contributed by atoms with van der Waals surface area (Å²) < 4.78 is 5.25. The molecule has 20 heavy (non-hydrogen) atoms. The van der Waals surface area contributed by atoms with Crippen molar-refractivity contribution in [3.05, 3.63) is 23.3 Å². The molecule has 0 saturated carbocycles. The molecular formula is C14H17N3O2S. The number of thiazole rings is 1. The monoisotopic (exact) mass is 291 g/mol. The summed E-state index contributed by atoms with van der Waals surface area (Å²) in [5, 5.41) is 3.76. The van der Waals surface area contributed by atoms with Gasteiger partial charge in [0.2, 0.25) is 5.91 Å². The number of aryl methyl sites for hydroxylation is 2. The summed E-state index contributed by atoms with van der Waals surface area (Å²) in [6.07, 6.45) is 0. The molecule has 6 heteroatoms. The Hall–Kier alpha value is -2.08. The van der Waals surface area contributed by atoms with Gasteiger partial charge in [-0.25, -0.2) is 4.98 Å². The summed E-state index contributed by atoms with van der Waals surface area (Å²) in [4.78, 5) is 15.5. The molecule has 0 aliphatic heterocycles. The van der Waals surface area contributed by atoms with Crippen molar-refractivity contribution >= 4 is 27.4 Å². The first-order valence-electron chi connectivity index (χ1n) is 6.12. The minimum Gasteiger partial charge on any atom is -0.497 e. The van der Waals surface area contributed by atoms with Crippen LogP contribution in [-0.2, 0) is 4.79 Å². The lowest BCUT2D eigenvalue weighted by atomic mass is 10.00. The van der Waals surface area contributed by atoms with Gasteiger partial charge in [-0.2, -0.15) is 0 Å². The molecule has 5 nitrogen and oxygen atoms in total. The first-order chi connectivity index (χ1) is 9.42. The zero-order valence-electron chi connectivity index (χ0n) is 11.9. The highest BCUT2D eigenvalue weighted by Crippen LogP contribution is 2.38. The molecule has 0 spiro atoms. The van der Waals surface area contributed by atoms with E-state index in [9.17, 15) is 4.79 Å². The summed E-state index contributed by atoms with van der Waals surface area (Å²) in [7, 11) is 1.64. The number of rotatable bonds is 3. The van der Waals surface area contributed by atoms with Crippen LogP contribution in [0.15, 0.2) is 12.1 Å². The maximum absolute atomic E-state index is 11.1. The van der Waals surface area contributed by atoms with Crippen molar-refractivity contribution in [2.45, 2.75) is 20.8 Å². The van der Waals surface area contributed by atoms with Crippen LogP contribution in [0.5, 0.6) is 5.75 Å². The van der Waals surface area contributed by atoms with Crippen LogP contribution in [0.4, 0.5) is 10.1 Å². The summed E-state index contributed by atoms with van der Waals surface area (Å²) in [6.45, 7) is 5.42. The predicted molar refractivity (Wildman–Crippen MR) is 82.3 cm³/mol. The maximum Gasteiger partial charge on any atom is 0.223 e. The average molecular weight is 291 g/mol. The highest BCUT2D eigenvalue weighted by molar-refractivity contribution is 7.20. The minimum absolute atomic E-state index is 0.159. The van der Waals surface area contributed by atoms with Crippen LogP contribution in [0, 0.1) is 13.8 Å². The molecule has 0 unspecified atom stereocenters. The van der Waals surface area contributed by atoms with Gasteiger partial charge in [0, 0.05) is 12.5 Å². The molecular weight excluding hydrogens is 274 g/mol. The third-order valence-corrected chi connectivity index (χ3v) is 3.72. The Labute approximate surface area is 121 Å². The number of hydrogen-bond acceptors (Lipinski definition) is 5. The van der Waals surface area contributed by atoms with Gasteiger partial charge in [-0.3, -0.25) is 4.79 Å². The highest BCUT2D eigenvalue weighted by atomic mass is 32.1. The lowest BCUT2D eigenvalue weighted by molar-refractivity contribution is -0.114. The summed E-state index contributed by atoms with van der Waals surface area (Å²) in [5.41, 5.74) is 9.79. The van der Waals surface area contributed by atoms with E-state index in [1.807, 2.05) is 26.0 Å². The van der Waals surface area contributed by atoms with E-state index in [1.165, 1.54) is 18.3 Å². The summed E-state index contributed by atoms with van der Waals surface area (Å²) in [6, 6.07) is 3.89. The van der Waals surface area contributed by atoms with Gasteiger partial charge in [-0.15, -0.1) is 0 Å². The second-order valence-electron chi connectivity index (χ2n) is 4.55. The zero-order valence-corrected chi connectivity index (χ0v) is 12.7. The third-order valence-electron chi connectivity index (χ3n) is 2.92. The number of amides is 1. The number of nitrogens with one attached hydrogen (secondary N) is 1. The molecule has 3 N–H and O–H groups in total. The van der Waals surface area contributed by atoms with E-state index in [-0.39, 0.29) is 5.91 Å². The second-order valence-corrected chi connectivity index (χ2v) is 5.58. The molecule has 0 bridgehead atoms. The Morgan fingerprint density at radius 1 is 1.35 bits per heavy atom. The molecule has 0 radical (unpaired) electrons. The molecule has 0 aliphatic carbocycles. The largest absolute Gasteiger partial charge is 0.497 e. The first kappa shape index (κ1) is 14.3. The van der Waals surface area contributed by atoms with Gasteiger partial charge in [-0.05, 0) is 37.1 Å². The molecule has 2 aromatic rings. The molecule has 1 heterocycles. The van der Waals surface area contributed by atoms with Crippen LogP contribution in [0.1, 0.15) is 18.1 Å². The Kier molecular flexibility index (Phi) is 3.94. The van der Waals surface area contributed by atoms with Crippen molar-refractivity contribution in [3.63, 3.8) is 0 Å². The first-order valence-corrected chi connectivity index (χ1v) is 6.93. The number of carbonyl (C=O) groups excluding carboxylic acids is 1. The molecule has 0 aliphatic rings. The molecule has 1 aromatic carbocycles. The number of nitrogens with zero attached hydrogens (tertiary/aromatic N) is 1. The van der Waals surface area contributed by atoms with Gasteiger partial charge in [0.1, 0.15) is 16.4 Å². The fraction of sp³-hybridized carbons (Fsp3) is 0.286. The molecule has 106 valence electrons. The zero-order chi connectivity index (χ0) is 14.9. The van der Waals surface area contributed by atoms with Crippen LogP contribution < -0.4 is 15.8 Å². The van der Waals surface area contributed by atoms with Gasteiger partial charge in [0.05, 0.1) is 7.11 Å². The van der Waals surface area contributed by atoms with E-state index in [0.717, 1.165) is 22.4 Å². The maximum atomic E-state index is 11.1. The topological polar surface area (TPSA) is 77.2 Å². The predicted octanol–water partition coefficient (Wildman–Crippen LogP) is 2.98. The van der Waals surface area contributed by atoms with Crippen molar-refractivity contribution in [2.75, 3.05) is 18.2 Å². The number of anilines is 2. The molecule has 0 saturated heterocycles. The lowest BCUT2D eigenvalue weighted by Crippen LogP contribution is -2.05.